The van der Waals surface area contributed by atoms with Gasteiger partial charge in [0.2, 0.25) is 5.91 Å². The van der Waals surface area contributed by atoms with Crippen LogP contribution in [0.4, 0.5) is 0 Å². The van der Waals surface area contributed by atoms with E-state index < -0.39 is 5.97 Å². The molecule has 1 unspecified atom stereocenters. The zero-order chi connectivity index (χ0) is 11.0. The van der Waals surface area contributed by atoms with Crippen LogP contribution < -0.4 is 0 Å². The van der Waals surface area contributed by atoms with Crippen molar-refractivity contribution in [2.45, 2.75) is 18.7 Å². The molecule has 2 rings (SSSR count). The summed E-state index contributed by atoms with van der Waals surface area (Å²) in [6.07, 6.45) is 4.02. The zero-order valence-electron chi connectivity index (χ0n) is 8.27. The highest BCUT2D eigenvalue weighted by Crippen LogP contribution is 2.40. The summed E-state index contributed by atoms with van der Waals surface area (Å²) in [7, 11) is 0. The molecule has 0 aromatic carbocycles. The van der Waals surface area contributed by atoms with Gasteiger partial charge >= 0.3 is 5.97 Å². The van der Waals surface area contributed by atoms with Gasteiger partial charge in [-0.25, -0.2) is 4.79 Å². The second-order valence-corrected chi connectivity index (χ2v) is 4.58. The highest BCUT2D eigenvalue weighted by molar-refractivity contribution is 8.00. The van der Waals surface area contributed by atoms with Crippen LogP contribution in [0.1, 0.15) is 13.3 Å². The van der Waals surface area contributed by atoms with Crippen LogP contribution in [0.2, 0.25) is 0 Å². The first kappa shape index (κ1) is 10.3. The molecule has 0 aliphatic carbocycles. The summed E-state index contributed by atoms with van der Waals surface area (Å²) in [5.41, 5.74) is 0.882. The Morgan fingerprint density at radius 2 is 2.40 bits per heavy atom. The lowest BCUT2D eigenvalue weighted by atomic mass is 10.1. The highest BCUT2D eigenvalue weighted by Gasteiger charge is 2.44. The van der Waals surface area contributed by atoms with Crippen LogP contribution in [0.3, 0.4) is 0 Å². The van der Waals surface area contributed by atoms with E-state index >= 15 is 0 Å². The number of allylic oxidation sites excluding steroid dienone is 2. The van der Waals surface area contributed by atoms with E-state index in [-0.39, 0.29) is 17.0 Å². The lowest BCUT2D eigenvalue weighted by Crippen LogP contribution is -2.53. The van der Waals surface area contributed by atoms with Crippen molar-refractivity contribution in [3.63, 3.8) is 0 Å². The first-order chi connectivity index (χ1) is 7.15. The number of thioether (sulfide) groups is 1. The van der Waals surface area contributed by atoms with E-state index in [0.29, 0.717) is 12.2 Å². The standard InChI is InChI=1S/C10H11NO3S/c1-2-3-6-5-15-8-4-7(12)11(8)9(6)10(13)14/h2-3,8H,4-5H2,1H3,(H,13,14)/b3-2+. The Labute approximate surface area is 91.6 Å². The molecule has 4 nitrogen and oxygen atoms in total. The summed E-state index contributed by atoms with van der Waals surface area (Å²) in [6, 6.07) is 0. The van der Waals surface area contributed by atoms with E-state index in [1.54, 1.807) is 23.9 Å². The first-order valence-electron chi connectivity index (χ1n) is 4.68. The van der Waals surface area contributed by atoms with E-state index in [2.05, 4.69) is 0 Å². The number of hydrogen-bond acceptors (Lipinski definition) is 3. The fourth-order valence-electron chi connectivity index (χ4n) is 1.77. The Kier molecular flexibility index (Phi) is 2.56. The van der Waals surface area contributed by atoms with Crippen molar-refractivity contribution in [1.29, 1.82) is 0 Å². The maximum atomic E-state index is 11.3. The maximum Gasteiger partial charge on any atom is 0.352 e. The van der Waals surface area contributed by atoms with Crippen LogP contribution in [-0.2, 0) is 9.59 Å². The number of hydrogen-bond donors (Lipinski definition) is 1. The van der Waals surface area contributed by atoms with Gasteiger partial charge < -0.3 is 5.11 Å². The molecular weight excluding hydrogens is 214 g/mol. The molecule has 80 valence electrons. The van der Waals surface area contributed by atoms with Crippen LogP contribution in [0.5, 0.6) is 0 Å². The number of nitrogens with zero attached hydrogens (tertiary/aromatic N) is 1. The average Bonchev–Trinajstić information content (AvgIpc) is 2.18. The predicted molar refractivity (Wildman–Crippen MR) is 57.2 cm³/mol. The van der Waals surface area contributed by atoms with E-state index in [9.17, 15) is 9.59 Å². The van der Waals surface area contributed by atoms with Crippen molar-refractivity contribution in [3.05, 3.63) is 23.4 Å². The second kappa shape index (κ2) is 3.73. The Bertz CT molecular complexity index is 386. The van der Waals surface area contributed by atoms with Gasteiger partial charge in [0.1, 0.15) is 5.70 Å². The minimum Gasteiger partial charge on any atom is -0.477 e. The third-order valence-corrected chi connectivity index (χ3v) is 3.69. The molecule has 15 heavy (non-hydrogen) atoms. The van der Waals surface area contributed by atoms with Crippen LogP contribution in [0.15, 0.2) is 23.4 Å². The van der Waals surface area contributed by atoms with Crippen LogP contribution in [-0.4, -0.2) is 33.0 Å². The molecule has 1 amide bonds. The lowest BCUT2D eigenvalue weighted by molar-refractivity contribution is -0.146. The van der Waals surface area contributed by atoms with Crippen molar-refractivity contribution in [3.8, 4) is 0 Å². The number of fused-ring (bicyclic) bond motifs is 1. The van der Waals surface area contributed by atoms with Gasteiger partial charge in [-0.1, -0.05) is 12.2 Å². The molecule has 0 spiro atoms. The topological polar surface area (TPSA) is 57.6 Å². The summed E-state index contributed by atoms with van der Waals surface area (Å²) in [4.78, 5) is 23.8. The molecule has 2 aliphatic rings. The number of rotatable bonds is 2. The fourth-order valence-corrected chi connectivity index (χ4v) is 3.00. The second-order valence-electron chi connectivity index (χ2n) is 3.41. The molecule has 2 aliphatic heterocycles. The number of carboxylic acid groups (broad SMARTS) is 1. The third kappa shape index (κ3) is 1.56. The summed E-state index contributed by atoms with van der Waals surface area (Å²) >= 11 is 1.62. The van der Waals surface area contributed by atoms with E-state index in [0.717, 1.165) is 5.57 Å². The molecule has 0 aromatic heterocycles. The quantitative estimate of drug-likeness (QED) is 0.717. The summed E-state index contributed by atoms with van der Waals surface area (Å²) in [5, 5.41) is 9.12. The van der Waals surface area contributed by atoms with Crippen molar-refractivity contribution in [2.75, 3.05) is 5.75 Å². The lowest BCUT2D eigenvalue weighted by Gasteiger charge is -2.43. The number of carboxylic acids is 1. The number of carbonyl (C=O) groups is 2. The molecular formula is C10H11NO3S. The molecule has 1 atom stereocenters. The summed E-state index contributed by atoms with van der Waals surface area (Å²) in [6.45, 7) is 1.83. The Balaban J connectivity index is 2.41. The van der Waals surface area contributed by atoms with Gasteiger partial charge in [-0.3, -0.25) is 9.69 Å². The van der Waals surface area contributed by atoms with Crippen molar-refractivity contribution < 1.29 is 14.7 Å². The molecule has 1 N–H and O–H groups in total. The summed E-state index contributed by atoms with van der Waals surface area (Å²) in [5.74, 6) is -0.437. The third-order valence-electron chi connectivity index (χ3n) is 2.45. The Hall–Kier alpha value is -1.23. The molecule has 1 saturated heterocycles. The minimum atomic E-state index is -1.01. The molecule has 0 bridgehead atoms. The van der Waals surface area contributed by atoms with Gasteiger partial charge in [0, 0.05) is 5.75 Å². The fraction of sp³-hybridized carbons (Fsp3) is 0.400. The van der Waals surface area contributed by atoms with Crippen molar-refractivity contribution >= 4 is 23.6 Å². The number of aliphatic carboxylic acids is 1. The average molecular weight is 225 g/mol. The van der Waals surface area contributed by atoms with Gasteiger partial charge in [0.05, 0.1) is 11.8 Å². The Morgan fingerprint density at radius 3 is 2.93 bits per heavy atom. The summed E-state index contributed by atoms with van der Waals surface area (Å²) < 4.78 is 0. The molecule has 5 heteroatoms. The largest absolute Gasteiger partial charge is 0.477 e. The number of amides is 1. The van der Waals surface area contributed by atoms with Gasteiger partial charge in [-0.15, -0.1) is 11.8 Å². The molecule has 0 radical (unpaired) electrons. The number of carbonyl (C=O) groups excluding carboxylic acids is 1. The van der Waals surface area contributed by atoms with E-state index in [1.165, 1.54) is 4.90 Å². The van der Waals surface area contributed by atoms with E-state index in [1.807, 2.05) is 6.92 Å². The van der Waals surface area contributed by atoms with Crippen LogP contribution >= 0.6 is 11.8 Å². The maximum absolute atomic E-state index is 11.3. The smallest absolute Gasteiger partial charge is 0.352 e. The molecule has 1 fully saturated rings. The van der Waals surface area contributed by atoms with Crippen LogP contribution in [0.25, 0.3) is 0 Å². The highest BCUT2D eigenvalue weighted by atomic mass is 32.2. The molecule has 2 heterocycles. The zero-order valence-corrected chi connectivity index (χ0v) is 9.08. The van der Waals surface area contributed by atoms with Gasteiger partial charge in [0.15, 0.2) is 0 Å². The molecule has 0 aromatic rings. The monoisotopic (exact) mass is 225 g/mol. The van der Waals surface area contributed by atoms with Gasteiger partial charge in [0.25, 0.3) is 0 Å². The van der Waals surface area contributed by atoms with Crippen LogP contribution in [0, 0.1) is 0 Å². The normalized spacial score (nSPS) is 25.5. The number of β-lactam (4-membered cyclic amide) rings is 1. The van der Waals surface area contributed by atoms with E-state index in [4.69, 9.17) is 5.11 Å². The van der Waals surface area contributed by atoms with Crippen molar-refractivity contribution in [2.24, 2.45) is 0 Å². The SMILES string of the molecule is C/C=C/C1=C(C(=O)O)N2C(=O)CC2SC1. The van der Waals surface area contributed by atoms with Crippen molar-refractivity contribution in [1.82, 2.24) is 4.90 Å². The predicted octanol–water partition coefficient (Wildman–Crippen LogP) is 1.21. The Morgan fingerprint density at radius 1 is 1.67 bits per heavy atom. The molecule has 0 saturated carbocycles. The van der Waals surface area contributed by atoms with Gasteiger partial charge in [-0.2, -0.15) is 0 Å². The van der Waals surface area contributed by atoms with Gasteiger partial charge in [-0.05, 0) is 12.5 Å². The first-order valence-corrected chi connectivity index (χ1v) is 5.73. The minimum absolute atomic E-state index is 0.0395.